The molecule has 0 saturated carbocycles. The summed E-state index contributed by atoms with van der Waals surface area (Å²) in [6, 6.07) is 12.6. The summed E-state index contributed by atoms with van der Waals surface area (Å²) in [6.07, 6.45) is 4.37. The van der Waals surface area contributed by atoms with E-state index in [9.17, 15) is 4.79 Å². The van der Waals surface area contributed by atoms with Crippen molar-refractivity contribution in [3.05, 3.63) is 48.2 Å². The number of amides is 1. The smallest absolute Gasteiger partial charge is 0.253 e. The highest BCUT2D eigenvalue weighted by Gasteiger charge is 2.35. The Kier molecular flexibility index (Phi) is 4.70. The van der Waals surface area contributed by atoms with E-state index in [-0.39, 0.29) is 11.9 Å². The minimum absolute atomic E-state index is 0.0393. The van der Waals surface area contributed by atoms with Crippen molar-refractivity contribution in [3.8, 4) is 5.75 Å². The number of rotatable bonds is 5. The van der Waals surface area contributed by atoms with Crippen LogP contribution in [0.4, 0.5) is 0 Å². The van der Waals surface area contributed by atoms with Gasteiger partial charge in [0.2, 0.25) is 0 Å². The van der Waals surface area contributed by atoms with Crippen molar-refractivity contribution in [3.63, 3.8) is 0 Å². The van der Waals surface area contributed by atoms with Crippen LogP contribution in [0.1, 0.15) is 37.0 Å². The number of fused-ring (bicyclic) bond motifs is 6. The molecule has 5 heterocycles. The highest BCUT2D eigenvalue weighted by atomic mass is 16.5. The zero-order valence-corrected chi connectivity index (χ0v) is 17.2. The van der Waals surface area contributed by atoms with Gasteiger partial charge in [-0.1, -0.05) is 19.9 Å². The molecular formula is C24H29N3O2. The van der Waals surface area contributed by atoms with E-state index >= 15 is 0 Å². The van der Waals surface area contributed by atoms with Crippen molar-refractivity contribution in [2.45, 2.75) is 32.7 Å². The van der Waals surface area contributed by atoms with E-state index in [1.807, 2.05) is 18.3 Å². The van der Waals surface area contributed by atoms with Crippen LogP contribution in [0.2, 0.25) is 0 Å². The third-order valence-corrected chi connectivity index (χ3v) is 6.36. The van der Waals surface area contributed by atoms with Gasteiger partial charge in [-0.05, 0) is 68.1 Å². The topological polar surface area (TPSA) is 46.0 Å². The molecule has 0 aliphatic carbocycles. The summed E-state index contributed by atoms with van der Waals surface area (Å²) in [5.74, 6) is 2.05. The number of ether oxygens (including phenoxy) is 1. The molecule has 1 aromatic carbocycles. The van der Waals surface area contributed by atoms with Crippen LogP contribution in [-0.4, -0.2) is 47.5 Å². The van der Waals surface area contributed by atoms with Gasteiger partial charge in [0.1, 0.15) is 5.75 Å². The zero-order chi connectivity index (χ0) is 20.0. The Morgan fingerprint density at radius 2 is 2.00 bits per heavy atom. The summed E-state index contributed by atoms with van der Waals surface area (Å²) in [7, 11) is 0. The van der Waals surface area contributed by atoms with Gasteiger partial charge in [-0.2, -0.15) is 0 Å². The van der Waals surface area contributed by atoms with E-state index in [1.165, 1.54) is 25.9 Å². The molecule has 3 saturated heterocycles. The standard InChI is InChI=1S/C24H29N3O2/c1-16(2)15-29-21-5-6-23-18(12-21)3-4-20-11-19(13-27(20)23)24(28)25-22-14-26-9-7-17(22)8-10-26/h3-6,11-13,16-17,22H,7-10,14-15H2,1-2H3,(H,25,28)/t22-/m0/s1. The van der Waals surface area contributed by atoms with Crippen molar-refractivity contribution >= 4 is 22.3 Å². The molecular weight excluding hydrogens is 362 g/mol. The van der Waals surface area contributed by atoms with E-state index in [4.69, 9.17) is 4.74 Å². The molecule has 0 spiro atoms. The number of hydrogen-bond donors (Lipinski definition) is 1. The van der Waals surface area contributed by atoms with Gasteiger partial charge in [0, 0.05) is 29.7 Å². The van der Waals surface area contributed by atoms with E-state index in [1.54, 1.807) is 0 Å². The number of pyridine rings is 1. The first kappa shape index (κ1) is 18.5. The number of aromatic nitrogens is 1. The van der Waals surface area contributed by atoms with Crippen molar-refractivity contribution in [2.24, 2.45) is 11.8 Å². The minimum atomic E-state index is 0.0393. The van der Waals surface area contributed by atoms with Gasteiger partial charge < -0.3 is 19.4 Å². The number of nitrogens with one attached hydrogen (secondary N) is 1. The maximum atomic E-state index is 12.9. The second-order valence-corrected chi connectivity index (χ2v) is 9.00. The average molecular weight is 392 g/mol. The van der Waals surface area contributed by atoms with Crippen molar-refractivity contribution < 1.29 is 9.53 Å². The maximum absolute atomic E-state index is 12.9. The molecule has 5 nitrogen and oxygen atoms in total. The Morgan fingerprint density at radius 1 is 1.17 bits per heavy atom. The fraction of sp³-hybridized carbons (Fsp3) is 0.458. The lowest BCUT2D eigenvalue weighted by Crippen LogP contribution is -2.57. The number of carbonyl (C=O) groups is 1. The second kappa shape index (κ2) is 7.38. The van der Waals surface area contributed by atoms with Gasteiger partial charge in [-0.25, -0.2) is 0 Å². The summed E-state index contributed by atoms with van der Waals surface area (Å²) in [6.45, 7) is 8.36. The molecule has 5 heteroatoms. The quantitative estimate of drug-likeness (QED) is 0.716. The summed E-state index contributed by atoms with van der Waals surface area (Å²) in [5, 5.41) is 4.41. The Hall–Kier alpha value is -2.53. The fourth-order valence-corrected chi connectivity index (χ4v) is 4.73. The van der Waals surface area contributed by atoms with Crippen molar-refractivity contribution in [2.75, 3.05) is 26.2 Å². The molecule has 1 N–H and O–H groups in total. The van der Waals surface area contributed by atoms with Gasteiger partial charge in [0.05, 0.1) is 17.7 Å². The first-order chi connectivity index (χ1) is 14.1. The van der Waals surface area contributed by atoms with Crippen molar-refractivity contribution in [1.82, 2.24) is 14.6 Å². The molecule has 3 aliphatic heterocycles. The van der Waals surface area contributed by atoms with E-state index in [2.05, 4.69) is 52.7 Å². The molecule has 1 amide bonds. The van der Waals surface area contributed by atoms with E-state index in [0.717, 1.165) is 34.3 Å². The fourth-order valence-electron chi connectivity index (χ4n) is 4.73. The number of hydrogen-bond acceptors (Lipinski definition) is 3. The van der Waals surface area contributed by atoms with Crippen LogP contribution in [0.5, 0.6) is 5.75 Å². The molecule has 152 valence electrons. The van der Waals surface area contributed by atoms with Gasteiger partial charge in [0.25, 0.3) is 5.91 Å². The van der Waals surface area contributed by atoms with Gasteiger partial charge in [-0.3, -0.25) is 4.79 Å². The Morgan fingerprint density at radius 3 is 2.72 bits per heavy atom. The minimum Gasteiger partial charge on any atom is -0.493 e. The molecule has 2 aromatic heterocycles. The van der Waals surface area contributed by atoms with Crippen molar-refractivity contribution in [1.29, 1.82) is 0 Å². The SMILES string of the molecule is CC(C)COc1ccc2c(ccc3cc(C(=O)N[C@H]4CN5CCC4CC5)cn32)c1. The predicted molar refractivity (Wildman–Crippen MR) is 116 cm³/mol. The third kappa shape index (κ3) is 3.60. The summed E-state index contributed by atoms with van der Waals surface area (Å²) in [4.78, 5) is 15.4. The van der Waals surface area contributed by atoms with Crippen LogP contribution >= 0.6 is 0 Å². The summed E-state index contributed by atoms with van der Waals surface area (Å²) < 4.78 is 7.97. The van der Waals surface area contributed by atoms with Gasteiger partial charge in [0.15, 0.2) is 0 Å². The first-order valence-corrected chi connectivity index (χ1v) is 10.8. The number of benzene rings is 1. The molecule has 3 fully saturated rings. The molecule has 0 unspecified atom stereocenters. The molecule has 6 rings (SSSR count). The molecule has 29 heavy (non-hydrogen) atoms. The number of nitrogens with zero attached hydrogens (tertiary/aromatic N) is 2. The normalized spacial score (nSPS) is 23.8. The van der Waals surface area contributed by atoms with E-state index < -0.39 is 0 Å². The zero-order valence-electron chi connectivity index (χ0n) is 17.2. The van der Waals surface area contributed by atoms with E-state index in [0.29, 0.717) is 18.4 Å². The average Bonchev–Trinajstić information content (AvgIpc) is 3.18. The lowest BCUT2D eigenvalue weighted by atomic mass is 9.84. The molecule has 3 aliphatic rings. The first-order valence-electron chi connectivity index (χ1n) is 10.8. The summed E-state index contributed by atoms with van der Waals surface area (Å²) in [5.41, 5.74) is 2.85. The largest absolute Gasteiger partial charge is 0.493 e. The molecule has 1 atom stereocenters. The Bertz CT molecular complexity index is 1050. The second-order valence-electron chi connectivity index (χ2n) is 9.00. The lowest BCUT2D eigenvalue weighted by molar-refractivity contribution is 0.0620. The number of piperidine rings is 3. The molecule has 3 aromatic rings. The van der Waals surface area contributed by atoms with Crippen LogP contribution < -0.4 is 10.1 Å². The van der Waals surface area contributed by atoms with Crippen LogP contribution in [0.15, 0.2) is 42.6 Å². The van der Waals surface area contributed by atoms with Gasteiger partial charge in [-0.15, -0.1) is 0 Å². The van der Waals surface area contributed by atoms with Crippen LogP contribution in [0, 0.1) is 11.8 Å². The highest BCUT2D eigenvalue weighted by Crippen LogP contribution is 2.28. The number of carbonyl (C=O) groups excluding carboxylic acids is 1. The maximum Gasteiger partial charge on any atom is 0.253 e. The Balaban J connectivity index is 1.39. The predicted octanol–water partition coefficient (Wildman–Crippen LogP) is 3.95. The lowest BCUT2D eigenvalue weighted by Gasteiger charge is -2.44. The van der Waals surface area contributed by atoms with Crippen LogP contribution in [-0.2, 0) is 0 Å². The van der Waals surface area contributed by atoms with Crippen LogP contribution in [0.3, 0.4) is 0 Å². The van der Waals surface area contributed by atoms with Crippen LogP contribution in [0.25, 0.3) is 16.4 Å². The molecule has 2 bridgehead atoms. The Labute approximate surface area is 171 Å². The van der Waals surface area contributed by atoms with Gasteiger partial charge >= 0.3 is 0 Å². The summed E-state index contributed by atoms with van der Waals surface area (Å²) >= 11 is 0. The monoisotopic (exact) mass is 391 g/mol. The molecule has 0 radical (unpaired) electrons. The highest BCUT2D eigenvalue weighted by molar-refractivity contribution is 5.97. The third-order valence-electron chi connectivity index (χ3n) is 6.36.